The first-order valence-electron chi connectivity index (χ1n) is 6.56. The van der Waals surface area contributed by atoms with E-state index >= 15 is 0 Å². The van der Waals surface area contributed by atoms with E-state index in [1.165, 1.54) is 37.5 Å². The van der Waals surface area contributed by atoms with Crippen molar-refractivity contribution in [3.05, 3.63) is 66.8 Å². The number of methoxy groups -OCH3 is 1. The van der Waals surface area contributed by atoms with Crippen molar-refractivity contribution in [2.45, 2.75) is 6.42 Å². The molecule has 1 rings (SSSR count). The SMILES string of the molecule is C=CC(=C)/C=C/C(=O)CC(=O)/C=C/c1ccc(O)c(OC)c1. The van der Waals surface area contributed by atoms with Gasteiger partial charge in [-0.15, -0.1) is 0 Å². The first kappa shape index (κ1) is 17.2. The quantitative estimate of drug-likeness (QED) is 0.454. The molecule has 0 bridgehead atoms. The van der Waals surface area contributed by atoms with Crippen LogP contribution in [0.3, 0.4) is 0 Å². The normalized spacial score (nSPS) is 10.8. The minimum Gasteiger partial charge on any atom is -0.504 e. The molecular formula is C18H18O4. The number of ketones is 2. The van der Waals surface area contributed by atoms with Gasteiger partial charge in [0.1, 0.15) is 0 Å². The van der Waals surface area contributed by atoms with Crippen molar-refractivity contribution in [3.63, 3.8) is 0 Å². The highest BCUT2D eigenvalue weighted by Gasteiger charge is 2.04. The monoisotopic (exact) mass is 298 g/mol. The zero-order chi connectivity index (χ0) is 16.5. The van der Waals surface area contributed by atoms with Crippen molar-refractivity contribution in [3.8, 4) is 11.5 Å². The summed E-state index contributed by atoms with van der Waals surface area (Å²) in [6.07, 6.45) is 7.00. The summed E-state index contributed by atoms with van der Waals surface area (Å²) < 4.78 is 4.97. The predicted octanol–water partition coefficient (Wildman–Crippen LogP) is 3.24. The van der Waals surface area contributed by atoms with Gasteiger partial charge in [-0.25, -0.2) is 0 Å². The molecule has 1 N–H and O–H groups in total. The Morgan fingerprint density at radius 3 is 2.55 bits per heavy atom. The molecule has 114 valence electrons. The number of phenolic OH excluding ortho intramolecular Hbond substituents is 1. The Kier molecular flexibility index (Phi) is 6.57. The fraction of sp³-hybridized carbons (Fsp3) is 0.111. The number of carbonyl (C=O) groups is 2. The molecule has 0 saturated carbocycles. The standard InChI is InChI=1S/C18H18O4/c1-4-13(2)5-8-15(19)12-16(20)9-6-14-7-10-17(21)18(11-14)22-3/h4-11,21H,1-2,12H2,3H3/b8-5+,9-6+. The summed E-state index contributed by atoms with van der Waals surface area (Å²) in [6, 6.07) is 4.70. The lowest BCUT2D eigenvalue weighted by atomic mass is 10.1. The van der Waals surface area contributed by atoms with E-state index in [9.17, 15) is 14.7 Å². The summed E-state index contributed by atoms with van der Waals surface area (Å²) in [6.45, 7) is 7.15. The second kappa shape index (κ2) is 8.42. The molecule has 4 heteroatoms. The van der Waals surface area contributed by atoms with Gasteiger partial charge in [0.15, 0.2) is 23.1 Å². The fourth-order valence-corrected chi connectivity index (χ4v) is 1.54. The molecule has 0 spiro atoms. The number of hydrogen-bond acceptors (Lipinski definition) is 4. The van der Waals surface area contributed by atoms with E-state index in [2.05, 4.69) is 13.2 Å². The molecular weight excluding hydrogens is 280 g/mol. The van der Waals surface area contributed by atoms with Gasteiger partial charge in [-0.05, 0) is 35.4 Å². The van der Waals surface area contributed by atoms with Gasteiger partial charge >= 0.3 is 0 Å². The van der Waals surface area contributed by atoms with Crippen molar-refractivity contribution in [2.24, 2.45) is 0 Å². The van der Waals surface area contributed by atoms with Crippen molar-refractivity contribution < 1.29 is 19.4 Å². The molecule has 0 fully saturated rings. The van der Waals surface area contributed by atoms with E-state index in [-0.39, 0.29) is 23.7 Å². The molecule has 22 heavy (non-hydrogen) atoms. The Morgan fingerprint density at radius 1 is 1.23 bits per heavy atom. The molecule has 4 nitrogen and oxygen atoms in total. The highest BCUT2D eigenvalue weighted by atomic mass is 16.5. The van der Waals surface area contributed by atoms with Crippen molar-refractivity contribution in [1.29, 1.82) is 0 Å². The van der Waals surface area contributed by atoms with E-state index < -0.39 is 0 Å². The summed E-state index contributed by atoms with van der Waals surface area (Å²) in [5.41, 5.74) is 1.29. The lowest BCUT2D eigenvalue weighted by Gasteiger charge is -2.03. The number of phenols is 1. The average Bonchev–Trinajstić information content (AvgIpc) is 2.51. The molecule has 0 aliphatic heterocycles. The summed E-state index contributed by atoms with van der Waals surface area (Å²) in [5, 5.41) is 9.47. The van der Waals surface area contributed by atoms with Crippen molar-refractivity contribution in [1.82, 2.24) is 0 Å². The third-order valence-corrected chi connectivity index (χ3v) is 2.76. The van der Waals surface area contributed by atoms with E-state index in [0.29, 0.717) is 16.9 Å². The van der Waals surface area contributed by atoms with Crippen LogP contribution in [0, 0.1) is 0 Å². The molecule has 0 aromatic heterocycles. The van der Waals surface area contributed by atoms with Gasteiger partial charge in [-0.3, -0.25) is 9.59 Å². The number of hydrogen-bond donors (Lipinski definition) is 1. The van der Waals surface area contributed by atoms with Gasteiger partial charge in [0.25, 0.3) is 0 Å². The summed E-state index contributed by atoms with van der Waals surface area (Å²) in [5.74, 6) is -0.280. The number of benzene rings is 1. The molecule has 0 radical (unpaired) electrons. The minimum atomic E-state index is -0.314. The second-order valence-electron chi connectivity index (χ2n) is 4.49. The molecule has 0 heterocycles. The van der Waals surface area contributed by atoms with Gasteiger partial charge in [0.2, 0.25) is 0 Å². The number of carbonyl (C=O) groups excluding carboxylic acids is 2. The zero-order valence-electron chi connectivity index (χ0n) is 12.4. The minimum absolute atomic E-state index is 0.0220. The maximum Gasteiger partial charge on any atom is 0.163 e. The van der Waals surface area contributed by atoms with E-state index in [0.717, 1.165) is 0 Å². The zero-order valence-corrected chi connectivity index (χ0v) is 12.4. The Bertz CT molecular complexity index is 651. The lowest BCUT2D eigenvalue weighted by molar-refractivity contribution is -0.121. The number of ether oxygens (including phenoxy) is 1. The summed E-state index contributed by atoms with van der Waals surface area (Å²) >= 11 is 0. The second-order valence-corrected chi connectivity index (χ2v) is 4.49. The van der Waals surface area contributed by atoms with Crippen LogP contribution in [0.25, 0.3) is 6.08 Å². The predicted molar refractivity (Wildman–Crippen MR) is 86.8 cm³/mol. The van der Waals surface area contributed by atoms with Crippen LogP contribution in [0.1, 0.15) is 12.0 Å². The number of rotatable bonds is 8. The smallest absolute Gasteiger partial charge is 0.163 e. The first-order chi connectivity index (χ1) is 10.5. The molecule has 0 amide bonds. The van der Waals surface area contributed by atoms with Crippen LogP contribution in [0.2, 0.25) is 0 Å². The van der Waals surface area contributed by atoms with Crippen LogP contribution in [-0.2, 0) is 9.59 Å². The molecule has 1 aromatic rings. The fourth-order valence-electron chi connectivity index (χ4n) is 1.54. The Morgan fingerprint density at radius 2 is 1.91 bits per heavy atom. The van der Waals surface area contributed by atoms with Crippen LogP contribution in [-0.4, -0.2) is 23.8 Å². The topological polar surface area (TPSA) is 63.6 Å². The van der Waals surface area contributed by atoms with Crippen LogP contribution < -0.4 is 4.74 Å². The highest BCUT2D eigenvalue weighted by molar-refractivity contribution is 6.09. The van der Waals surface area contributed by atoms with Crippen LogP contribution in [0.4, 0.5) is 0 Å². The molecule has 0 atom stereocenters. The maximum absolute atomic E-state index is 11.7. The number of aromatic hydroxyl groups is 1. The Labute approximate surface area is 129 Å². The Hall–Kier alpha value is -2.88. The molecule has 0 aliphatic rings. The van der Waals surface area contributed by atoms with Crippen molar-refractivity contribution >= 4 is 17.6 Å². The van der Waals surface area contributed by atoms with Gasteiger partial charge in [0.05, 0.1) is 13.5 Å². The first-order valence-corrected chi connectivity index (χ1v) is 6.56. The van der Waals surface area contributed by atoms with Gasteiger partial charge < -0.3 is 9.84 Å². The Balaban J connectivity index is 2.64. The molecule has 0 unspecified atom stereocenters. The molecule has 0 aliphatic carbocycles. The largest absolute Gasteiger partial charge is 0.504 e. The van der Waals surface area contributed by atoms with E-state index in [1.807, 2.05) is 0 Å². The van der Waals surface area contributed by atoms with Crippen LogP contribution in [0.15, 0.2) is 61.2 Å². The van der Waals surface area contributed by atoms with Gasteiger partial charge in [0, 0.05) is 0 Å². The highest BCUT2D eigenvalue weighted by Crippen LogP contribution is 2.26. The van der Waals surface area contributed by atoms with Gasteiger partial charge in [-0.2, -0.15) is 0 Å². The molecule has 0 saturated heterocycles. The average molecular weight is 298 g/mol. The van der Waals surface area contributed by atoms with Gasteiger partial charge in [-0.1, -0.05) is 37.5 Å². The number of allylic oxidation sites excluding steroid dienone is 5. The van der Waals surface area contributed by atoms with Crippen LogP contribution >= 0.6 is 0 Å². The molecule has 1 aromatic carbocycles. The lowest BCUT2D eigenvalue weighted by Crippen LogP contribution is -2.02. The summed E-state index contributed by atoms with van der Waals surface area (Å²) in [7, 11) is 1.44. The van der Waals surface area contributed by atoms with Crippen molar-refractivity contribution in [2.75, 3.05) is 7.11 Å². The third-order valence-electron chi connectivity index (χ3n) is 2.76. The van der Waals surface area contributed by atoms with Crippen LogP contribution in [0.5, 0.6) is 11.5 Å². The maximum atomic E-state index is 11.7. The third kappa shape index (κ3) is 5.63. The summed E-state index contributed by atoms with van der Waals surface area (Å²) in [4.78, 5) is 23.3. The van der Waals surface area contributed by atoms with E-state index in [1.54, 1.807) is 18.2 Å². The van der Waals surface area contributed by atoms with E-state index in [4.69, 9.17) is 4.74 Å².